The highest BCUT2D eigenvalue weighted by Crippen LogP contribution is 2.22. The average molecular weight is 310 g/mol. The zero-order valence-corrected chi connectivity index (χ0v) is 12.7. The van der Waals surface area contributed by atoms with Crippen LogP contribution in [0.4, 0.5) is 11.4 Å². The molecule has 2 rings (SSSR count). The van der Waals surface area contributed by atoms with Crippen LogP contribution in [0, 0.1) is 0 Å². The van der Waals surface area contributed by atoms with Crippen molar-refractivity contribution in [3.63, 3.8) is 0 Å². The summed E-state index contributed by atoms with van der Waals surface area (Å²) in [4.78, 5) is 15.0. The van der Waals surface area contributed by atoms with E-state index >= 15 is 0 Å². The lowest BCUT2D eigenvalue weighted by Gasteiger charge is -2.15. The number of nitrogens with one attached hydrogen (secondary N) is 1. The summed E-state index contributed by atoms with van der Waals surface area (Å²) in [6.45, 7) is 1.01. The molecular formula is C14H16ClN3OS. The monoisotopic (exact) mass is 309 g/mol. The van der Waals surface area contributed by atoms with Crippen molar-refractivity contribution in [3.05, 3.63) is 45.6 Å². The maximum atomic E-state index is 11.9. The van der Waals surface area contributed by atoms with Gasteiger partial charge in [-0.2, -0.15) is 0 Å². The lowest BCUT2D eigenvalue weighted by molar-refractivity contribution is -0.117. The molecule has 0 fully saturated rings. The minimum atomic E-state index is -0.0687. The van der Waals surface area contributed by atoms with Gasteiger partial charge in [0.2, 0.25) is 5.91 Å². The summed E-state index contributed by atoms with van der Waals surface area (Å²) < 4.78 is 0.762. The first kappa shape index (κ1) is 14.8. The second kappa shape index (κ2) is 6.74. The van der Waals surface area contributed by atoms with Crippen molar-refractivity contribution in [2.45, 2.75) is 6.54 Å². The molecule has 0 aliphatic carbocycles. The van der Waals surface area contributed by atoms with Crippen LogP contribution in [-0.2, 0) is 11.3 Å². The van der Waals surface area contributed by atoms with Crippen LogP contribution in [0.3, 0.4) is 0 Å². The van der Waals surface area contributed by atoms with E-state index in [1.54, 1.807) is 12.1 Å². The summed E-state index contributed by atoms with van der Waals surface area (Å²) in [6.07, 6.45) is 0. The predicted octanol–water partition coefficient (Wildman–Crippen LogP) is 3.05. The van der Waals surface area contributed by atoms with Gasteiger partial charge < -0.3 is 11.1 Å². The van der Waals surface area contributed by atoms with E-state index in [0.717, 1.165) is 9.21 Å². The third kappa shape index (κ3) is 4.52. The molecule has 3 N–H and O–H groups in total. The van der Waals surface area contributed by atoms with Gasteiger partial charge in [-0.3, -0.25) is 9.69 Å². The minimum Gasteiger partial charge on any atom is -0.399 e. The van der Waals surface area contributed by atoms with Crippen molar-refractivity contribution < 1.29 is 4.79 Å². The zero-order valence-electron chi connectivity index (χ0n) is 11.1. The van der Waals surface area contributed by atoms with Crippen molar-refractivity contribution in [1.29, 1.82) is 0 Å². The van der Waals surface area contributed by atoms with E-state index in [1.165, 1.54) is 11.3 Å². The van der Waals surface area contributed by atoms with Gasteiger partial charge in [0.25, 0.3) is 0 Å². The summed E-state index contributed by atoms with van der Waals surface area (Å²) in [5.41, 5.74) is 7.01. The van der Waals surface area contributed by atoms with Crippen LogP contribution in [0.15, 0.2) is 36.4 Å². The highest BCUT2D eigenvalue weighted by atomic mass is 35.5. The van der Waals surface area contributed by atoms with Gasteiger partial charge in [0.15, 0.2) is 0 Å². The number of nitrogen functional groups attached to an aromatic ring is 1. The molecule has 0 bridgehead atoms. The zero-order chi connectivity index (χ0) is 14.5. The molecule has 1 aromatic heterocycles. The van der Waals surface area contributed by atoms with Gasteiger partial charge in [-0.05, 0) is 37.4 Å². The van der Waals surface area contributed by atoms with Gasteiger partial charge in [0.1, 0.15) is 0 Å². The standard InChI is InChI=1S/C14H16ClN3OS/c1-18(8-12-5-6-13(15)20-12)9-14(19)17-11-4-2-3-10(16)7-11/h2-7H,8-9,16H2,1H3,(H,17,19). The lowest BCUT2D eigenvalue weighted by atomic mass is 10.3. The number of carbonyl (C=O) groups excluding carboxylic acids is 1. The number of rotatable bonds is 5. The minimum absolute atomic E-state index is 0.0687. The molecule has 6 heteroatoms. The number of nitrogens with two attached hydrogens (primary N) is 1. The van der Waals surface area contributed by atoms with Crippen LogP contribution in [0.25, 0.3) is 0 Å². The first-order chi connectivity index (χ1) is 9.52. The van der Waals surface area contributed by atoms with E-state index in [4.69, 9.17) is 17.3 Å². The summed E-state index contributed by atoms with van der Waals surface area (Å²) in [7, 11) is 1.90. The number of anilines is 2. The Labute approximate surface area is 127 Å². The summed E-state index contributed by atoms with van der Waals surface area (Å²) in [5, 5.41) is 2.82. The van der Waals surface area contributed by atoms with Crippen LogP contribution >= 0.6 is 22.9 Å². The Morgan fingerprint density at radius 1 is 1.40 bits per heavy atom. The number of hydrogen-bond donors (Lipinski definition) is 2. The highest BCUT2D eigenvalue weighted by molar-refractivity contribution is 7.16. The van der Waals surface area contributed by atoms with Crippen molar-refractivity contribution in [2.24, 2.45) is 0 Å². The molecule has 0 spiro atoms. The maximum absolute atomic E-state index is 11.9. The largest absolute Gasteiger partial charge is 0.399 e. The van der Waals surface area contributed by atoms with Crippen LogP contribution in [-0.4, -0.2) is 24.4 Å². The Hall–Kier alpha value is -1.56. The number of benzene rings is 1. The lowest BCUT2D eigenvalue weighted by Crippen LogP contribution is -2.29. The normalized spacial score (nSPS) is 10.8. The molecule has 0 saturated carbocycles. The molecule has 0 unspecified atom stereocenters. The molecular weight excluding hydrogens is 294 g/mol. The highest BCUT2D eigenvalue weighted by Gasteiger charge is 2.09. The Bertz CT molecular complexity index is 600. The summed E-state index contributed by atoms with van der Waals surface area (Å²) >= 11 is 7.41. The van der Waals surface area contributed by atoms with Crippen LogP contribution in [0.5, 0.6) is 0 Å². The van der Waals surface area contributed by atoms with E-state index in [0.29, 0.717) is 24.5 Å². The van der Waals surface area contributed by atoms with Gasteiger partial charge >= 0.3 is 0 Å². The maximum Gasteiger partial charge on any atom is 0.238 e. The Balaban J connectivity index is 1.84. The molecule has 20 heavy (non-hydrogen) atoms. The fourth-order valence-corrected chi connectivity index (χ4v) is 2.99. The molecule has 0 aliphatic heterocycles. The van der Waals surface area contributed by atoms with E-state index in [2.05, 4.69) is 5.32 Å². The fourth-order valence-electron chi connectivity index (χ4n) is 1.82. The van der Waals surface area contributed by atoms with Gasteiger partial charge in [-0.25, -0.2) is 0 Å². The number of thiophene rings is 1. The Morgan fingerprint density at radius 3 is 2.85 bits per heavy atom. The first-order valence-corrected chi connectivity index (χ1v) is 7.30. The molecule has 106 valence electrons. The Morgan fingerprint density at radius 2 is 2.20 bits per heavy atom. The SMILES string of the molecule is CN(CC(=O)Nc1cccc(N)c1)Cc1ccc(Cl)s1. The van der Waals surface area contributed by atoms with Crippen molar-refractivity contribution in [3.8, 4) is 0 Å². The van der Waals surface area contributed by atoms with Crippen molar-refractivity contribution in [1.82, 2.24) is 4.90 Å². The van der Waals surface area contributed by atoms with E-state index in [1.807, 2.05) is 36.2 Å². The molecule has 1 amide bonds. The summed E-state index contributed by atoms with van der Waals surface area (Å²) in [6, 6.07) is 11.0. The number of amides is 1. The number of hydrogen-bond acceptors (Lipinski definition) is 4. The molecule has 0 saturated heterocycles. The van der Waals surface area contributed by atoms with E-state index < -0.39 is 0 Å². The smallest absolute Gasteiger partial charge is 0.238 e. The topological polar surface area (TPSA) is 58.4 Å². The second-order valence-corrected chi connectivity index (χ2v) is 6.35. The molecule has 0 radical (unpaired) electrons. The summed E-state index contributed by atoms with van der Waals surface area (Å²) in [5.74, 6) is -0.0687. The number of carbonyl (C=O) groups is 1. The quantitative estimate of drug-likeness (QED) is 0.835. The molecule has 0 aliphatic rings. The van der Waals surface area contributed by atoms with Crippen LogP contribution in [0.2, 0.25) is 4.34 Å². The number of nitrogens with zero attached hydrogens (tertiary/aromatic N) is 1. The third-order valence-electron chi connectivity index (χ3n) is 2.64. The molecule has 4 nitrogen and oxygen atoms in total. The van der Waals surface area contributed by atoms with Gasteiger partial charge in [0.05, 0.1) is 10.9 Å². The van der Waals surface area contributed by atoms with Crippen LogP contribution < -0.4 is 11.1 Å². The average Bonchev–Trinajstić information content (AvgIpc) is 2.74. The third-order valence-corrected chi connectivity index (χ3v) is 3.85. The predicted molar refractivity (Wildman–Crippen MR) is 85.1 cm³/mol. The van der Waals surface area contributed by atoms with Gasteiger partial charge in [-0.1, -0.05) is 17.7 Å². The van der Waals surface area contributed by atoms with Gasteiger partial charge in [0, 0.05) is 22.8 Å². The van der Waals surface area contributed by atoms with Gasteiger partial charge in [-0.15, -0.1) is 11.3 Å². The molecule has 2 aromatic rings. The van der Waals surface area contributed by atoms with E-state index in [9.17, 15) is 4.79 Å². The molecule has 1 aromatic carbocycles. The van der Waals surface area contributed by atoms with Crippen LogP contribution in [0.1, 0.15) is 4.88 Å². The van der Waals surface area contributed by atoms with Crippen molar-refractivity contribution in [2.75, 3.05) is 24.6 Å². The second-order valence-electron chi connectivity index (χ2n) is 4.55. The Kier molecular flexibility index (Phi) is 5.00. The molecule has 0 atom stereocenters. The number of likely N-dealkylation sites (N-methyl/N-ethyl adjacent to an activating group) is 1. The number of halogens is 1. The first-order valence-electron chi connectivity index (χ1n) is 6.11. The van der Waals surface area contributed by atoms with E-state index in [-0.39, 0.29) is 5.91 Å². The van der Waals surface area contributed by atoms with Crippen molar-refractivity contribution >= 4 is 40.2 Å². The fraction of sp³-hybridized carbons (Fsp3) is 0.214. The molecule has 1 heterocycles.